The summed E-state index contributed by atoms with van der Waals surface area (Å²) in [5.41, 5.74) is 0.401. The summed E-state index contributed by atoms with van der Waals surface area (Å²) in [4.78, 5) is 22.3. The number of ether oxygens (including phenoxy) is 1. The molecule has 23 heavy (non-hydrogen) atoms. The average Bonchev–Trinajstić information content (AvgIpc) is 2.41. The third-order valence-electron chi connectivity index (χ3n) is 2.76. The van der Waals surface area contributed by atoms with Crippen molar-refractivity contribution in [3.8, 4) is 0 Å². The van der Waals surface area contributed by atoms with E-state index in [0.717, 1.165) is 9.87 Å². The van der Waals surface area contributed by atoms with E-state index in [1.165, 1.54) is 12.1 Å². The molecule has 0 aliphatic heterocycles. The molecule has 128 valence electrons. The molecule has 0 aliphatic rings. The van der Waals surface area contributed by atoms with Crippen molar-refractivity contribution in [2.75, 3.05) is 10.8 Å². The Morgan fingerprint density at radius 2 is 1.74 bits per heavy atom. The normalized spacial score (nSPS) is 11.3. The number of hydrogen-bond donors (Lipinski definition) is 2. The first-order chi connectivity index (χ1) is 10.6. The van der Waals surface area contributed by atoms with Crippen LogP contribution in [0.15, 0.2) is 24.3 Å². The van der Waals surface area contributed by atoms with Crippen LogP contribution in [-0.2, 0) is 31.6 Å². The van der Waals surface area contributed by atoms with Crippen LogP contribution in [0.4, 0.5) is 5.69 Å². The van der Waals surface area contributed by atoms with Gasteiger partial charge < -0.3 is 9.84 Å². The van der Waals surface area contributed by atoms with Gasteiger partial charge in [-0.1, -0.05) is 12.1 Å². The maximum atomic E-state index is 11.8. The lowest BCUT2D eigenvalue weighted by atomic mass is 10.1. The minimum absolute atomic E-state index is 0.00319. The highest BCUT2D eigenvalue weighted by Crippen LogP contribution is 2.17. The van der Waals surface area contributed by atoms with Gasteiger partial charge in [0.25, 0.3) is 0 Å². The molecule has 0 atom stereocenters. The third-order valence-corrected chi connectivity index (χ3v) is 3.52. The molecule has 0 radical (unpaired) electrons. The molecule has 0 saturated heterocycles. The molecule has 0 heterocycles. The number of carbonyl (C=O) groups is 2. The first-order valence-electron chi connectivity index (χ1n) is 7.03. The number of benzene rings is 1. The molecule has 7 nitrogen and oxygen atoms in total. The molecule has 0 saturated carbocycles. The zero-order chi connectivity index (χ0) is 17.6. The van der Waals surface area contributed by atoms with Crippen LogP contribution in [0.3, 0.4) is 0 Å². The monoisotopic (exact) mass is 343 g/mol. The Morgan fingerprint density at radius 3 is 2.17 bits per heavy atom. The van der Waals surface area contributed by atoms with Crippen LogP contribution in [0.25, 0.3) is 0 Å². The molecule has 0 fully saturated rings. The van der Waals surface area contributed by atoms with Crippen molar-refractivity contribution in [1.29, 1.82) is 0 Å². The van der Waals surface area contributed by atoms with E-state index in [9.17, 15) is 18.0 Å². The minimum Gasteiger partial charge on any atom is -0.481 e. The van der Waals surface area contributed by atoms with E-state index >= 15 is 0 Å². The first-order valence-corrected chi connectivity index (χ1v) is 8.16. The number of anilines is 1. The van der Waals surface area contributed by atoms with Crippen LogP contribution >= 0.6 is 0 Å². The number of aliphatic carboxylic acids is 1. The fraction of sp³-hybridized carbons (Fsp3) is 0.467. The minimum atomic E-state index is -3.00. The van der Waals surface area contributed by atoms with Crippen molar-refractivity contribution in [2.24, 2.45) is 0 Å². The molecular weight excluding hydrogens is 322 g/mol. The summed E-state index contributed by atoms with van der Waals surface area (Å²) in [5.74, 6) is -1.55. The van der Waals surface area contributed by atoms with Gasteiger partial charge >= 0.3 is 11.9 Å². The van der Waals surface area contributed by atoms with Crippen molar-refractivity contribution in [3.63, 3.8) is 0 Å². The van der Waals surface area contributed by atoms with Crippen molar-refractivity contribution in [2.45, 2.75) is 39.2 Å². The summed E-state index contributed by atoms with van der Waals surface area (Å²) in [6.45, 7) is 4.68. The fourth-order valence-corrected chi connectivity index (χ4v) is 2.38. The number of hydrogen-bond acceptors (Lipinski definition) is 5. The van der Waals surface area contributed by atoms with Crippen molar-refractivity contribution < 1.29 is 27.9 Å². The van der Waals surface area contributed by atoms with E-state index in [-0.39, 0.29) is 6.42 Å². The van der Waals surface area contributed by atoms with E-state index in [0.29, 0.717) is 12.1 Å². The molecule has 1 aromatic carbocycles. The zero-order valence-electron chi connectivity index (χ0n) is 13.3. The number of nitrogens with zero attached hydrogens (tertiary/aromatic N) is 1. The molecule has 8 heteroatoms. The molecule has 1 N–H and O–H groups in total. The van der Waals surface area contributed by atoms with Crippen LogP contribution in [0, 0.1) is 0 Å². The van der Waals surface area contributed by atoms with E-state index in [1.54, 1.807) is 32.9 Å². The predicted octanol–water partition coefficient (Wildman–Crippen LogP) is 1.38. The molecule has 0 spiro atoms. The lowest BCUT2D eigenvalue weighted by molar-refractivity contribution is -0.152. The molecule has 0 unspecified atom stereocenters. The second kappa shape index (κ2) is 7.96. The second-order valence-electron chi connectivity index (χ2n) is 5.94. The van der Waals surface area contributed by atoms with Gasteiger partial charge in [-0.2, -0.15) is 0 Å². The van der Waals surface area contributed by atoms with E-state index in [2.05, 4.69) is 0 Å². The van der Waals surface area contributed by atoms with E-state index in [1.807, 2.05) is 0 Å². The fourth-order valence-electron chi connectivity index (χ4n) is 1.83. The number of carboxylic acid groups (broad SMARTS) is 1. The van der Waals surface area contributed by atoms with Gasteiger partial charge in [0.05, 0.1) is 5.69 Å². The van der Waals surface area contributed by atoms with Crippen molar-refractivity contribution in [1.82, 2.24) is 0 Å². The average molecular weight is 343 g/mol. The quantitative estimate of drug-likeness (QED) is 0.573. The van der Waals surface area contributed by atoms with Crippen molar-refractivity contribution >= 4 is 28.5 Å². The number of aryl methyl sites for hydroxylation is 1. The first kappa shape index (κ1) is 19.0. The third kappa shape index (κ3) is 7.14. The van der Waals surface area contributed by atoms with Crippen LogP contribution in [0.2, 0.25) is 0 Å². The van der Waals surface area contributed by atoms with Crippen LogP contribution in [0.1, 0.15) is 32.8 Å². The molecular formula is C15H21NO6S. The zero-order valence-corrected chi connectivity index (χ0v) is 14.2. The number of carboxylic acids is 1. The molecule has 1 rings (SSSR count). The Balaban J connectivity index is 2.82. The van der Waals surface area contributed by atoms with Crippen LogP contribution in [0.5, 0.6) is 0 Å². The molecule has 0 amide bonds. The summed E-state index contributed by atoms with van der Waals surface area (Å²) >= 11 is 0. The summed E-state index contributed by atoms with van der Waals surface area (Å²) < 4.78 is 28.8. The summed E-state index contributed by atoms with van der Waals surface area (Å²) in [6.07, 6.45) is 0.349. The topological polar surface area (TPSA) is 101 Å². The Bertz CT molecular complexity index is 622. The number of esters is 1. The van der Waals surface area contributed by atoms with Crippen molar-refractivity contribution in [3.05, 3.63) is 29.8 Å². The number of rotatable bonds is 7. The number of thiol groups is 1. The van der Waals surface area contributed by atoms with Gasteiger partial charge in [0.2, 0.25) is 10.9 Å². The van der Waals surface area contributed by atoms with Crippen LogP contribution < -0.4 is 4.31 Å². The lowest BCUT2D eigenvalue weighted by Gasteiger charge is -2.22. The van der Waals surface area contributed by atoms with Gasteiger partial charge in [0, 0.05) is 6.42 Å². The highest BCUT2D eigenvalue weighted by Gasteiger charge is 2.20. The molecule has 0 aromatic heterocycles. The molecule has 1 aromatic rings. The maximum Gasteiger partial charge on any atom is 0.327 e. The molecule has 0 bridgehead atoms. The van der Waals surface area contributed by atoms with Gasteiger partial charge in [0.15, 0.2) is 0 Å². The summed E-state index contributed by atoms with van der Waals surface area (Å²) in [7, 11) is -3.00. The Morgan fingerprint density at radius 1 is 1.17 bits per heavy atom. The van der Waals surface area contributed by atoms with Gasteiger partial charge in [-0.25, -0.2) is 8.42 Å². The molecule has 0 aliphatic carbocycles. The smallest absolute Gasteiger partial charge is 0.327 e. The van der Waals surface area contributed by atoms with E-state index in [4.69, 9.17) is 9.84 Å². The summed E-state index contributed by atoms with van der Waals surface area (Å²) in [6, 6.07) is 6.35. The van der Waals surface area contributed by atoms with E-state index < -0.39 is 35.0 Å². The standard InChI is InChI=1S/C15H21NO6S/c1-15(2,3)22-14(19)10-16(23(20)21)12-7-4-11(5-8-12)6-9-13(17)18/h4-5,7-8,23H,6,9-10H2,1-3H3,(H,17,18). The predicted molar refractivity (Wildman–Crippen MR) is 85.9 cm³/mol. The van der Waals surface area contributed by atoms with Gasteiger partial charge in [0.1, 0.15) is 12.1 Å². The van der Waals surface area contributed by atoms with Gasteiger partial charge in [-0.05, 0) is 44.9 Å². The van der Waals surface area contributed by atoms with Gasteiger partial charge in [-0.3, -0.25) is 13.9 Å². The number of carbonyl (C=O) groups excluding carboxylic acids is 1. The SMILES string of the molecule is CC(C)(C)OC(=O)CN(c1ccc(CCC(=O)O)cc1)[SH](=O)=O. The maximum absolute atomic E-state index is 11.8. The lowest BCUT2D eigenvalue weighted by Crippen LogP contribution is -2.34. The largest absolute Gasteiger partial charge is 0.481 e. The highest BCUT2D eigenvalue weighted by molar-refractivity contribution is 7.74. The highest BCUT2D eigenvalue weighted by atomic mass is 32.2. The Hall–Kier alpha value is -2.09. The second-order valence-corrected chi connectivity index (χ2v) is 6.90. The van der Waals surface area contributed by atoms with Crippen LogP contribution in [-0.4, -0.2) is 37.6 Å². The van der Waals surface area contributed by atoms with Gasteiger partial charge in [-0.15, -0.1) is 0 Å². The summed E-state index contributed by atoms with van der Waals surface area (Å²) in [5, 5.41) is 8.64. The Labute approximate surface area is 136 Å². The Kier molecular flexibility index (Phi) is 6.56.